The highest BCUT2D eigenvalue weighted by atomic mass is 16.1. The van der Waals surface area contributed by atoms with Gasteiger partial charge in [0.1, 0.15) is 5.82 Å². The van der Waals surface area contributed by atoms with Crippen LogP contribution in [0.5, 0.6) is 0 Å². The van der Waals surface area contributed by atoms with Gasteiger partial charge in [-0.1, -0.05) is 6.92 Å². The molecule has 0 saturated heterocycles. The number of rotatable bonds is 7. The molecule has 1 aliphatic rings. The van der Waals surface area contributed by atoms with Crippen molar-refractivity contribution in [3.63, 3.8) is 0 Å². The summed E-state index contributed by atoms with van der Waals surface area (Å²) in [5.74, 6) is 2.16. The first-order valence-electron chi connectivity index (χ1n) is 9.74. The summed E-state index contributed by atoms with van der Waals surface area (Å²) >= 11 is 0. The van der Waals surface area contributed by atoms with Crippen LogP contribution in [0.2, 0.25) is 0 Å². The van der Waals surface area contributed by atoms with Crippen LogP contribution in [0.3, 0.4) is 0 Å². The minimum absolute atomic E-state index is 0.0398. The molecule has 1 saturated carbocycles. The number of nitrogens with zero attached hydrogens (tertiary/aromatic N) is 7. The van der Waals surface area contributed by atoms with Crippen molar-refractivity contribution in [2.24, 2.45) is 7.05 Å². The lowest BCUT2D eigenvalue weighted by atomic mass is 9.79. The molecule has 3 heterocycles. The minimum Gasteiger partial charge on any atom is -0.349 e. The number of carbonyl (C=O) groups is 1. The van der Waals surface area contributed by atoms with E-state index < -0.39 is 0 Å². The summed E-state index contributed by atoms with van der Waals surface area (Å²) < 4.78 is 5.87. The van der Waals surface area contributed by atoms with Gasteiger partial charge < -0.3 is 14.5 Å². The Balaban J connectivity index is 1.33. The number of hydrogen-bond donors (Lipinski definition) is 1. The summed E-state index contributed by atoms with van der Waals surface area (Å²) in [4.78, 5) is 16.6. The first-order valence-corrected chi connectivity index (χ1v) is 9.74. The first-order chi connectivity index (χ1) is 13.5. The molecule has 148 valence electrons. The molecule has 0 aromatic carbocycles. The topological polar surface area (TPSA) is 95.5 Å². The van der Waals surface area contributed by atoms with Crippen molar-refractivity contribution in [1.29, 1.82) is 0 Å². The molecule has 28 heavy (non-hydrogen) atoms. The van der Waals surface area contributed by atoms with Crippen molar-refractivity contribution < 1.29 is 4.79 Å². The Morgan fingerprint density at radius 2 is 2.14 bits per heavy atom. The van der Waals surface area contributed by atoms with Crippen LogP contribution in [0, 0.1) is 6.92 Å². The molecule has 0 radical (unpaired) electrons. The van der Waals surface area contributed by atoms with E-state index in [0.717, 1.165) is 43.1 Å². The molecule has 0 atom stereocenters. The van der Waals surface area contributed by atoms with E-state index in [1.807, 2.05) is 35.6 Å². The van der Waals surface area contributed by atoms with Crippen molar-refractivity contribution in [3.8, 4) is 0 Å². The molecule has 9 nitrogen and oxygen atoms in total. The summed E-state index contributed by atoms with van der Waals surface area (Å²) in [6.45, 7) is 5.45. The number of amides is 1. The lowest BCUT2D eigenvalue weighted by Crippen LogP contribution is -2.44. The lowest BCUT2D eigenvalue weighted by Gasteiger charge is -2.35. The van der Waals surface area contributed by atoms with Gasteiger partial charge in [0.25, 0.3) is 5.91 Å². The van der Waals surface area contributed by atoms with E-state index in [1.54, 1.807) is 12.5 Å². The van der Waals surface area contributed by atoms with Gasteiger partial charge in [0.05, 0.1) is 24.1 Å². The molecule has 0 bridgehead atoms. The SMILES string of the molecule is CCCn1cc(C(=O)NC2CC(c3nnc(Cn4ccnc4)n3C)C2)c(C)n1. The van der Waals surface area contributed by atoms with Gasteiger partial charge in [0, 0.05) is 44.1 Å². The molecule has 9 heteroatoms. The van der Waals surface area contributed by atoms with Crippen LogP contribution in [0.15, 0.2) is 24.9 Å². The highest BCUT2D eigenvalue weighted by Crippen LogP contribution is 2.36. The third kappa shape index (κ3) is 3.56. The van der Waals surface area contributed by atoms with Gasteiger partial charge in [0.2, 0.25) is 0 Å². The standard InChI is InChI=1S/C19H26N8O/c1-4-6-27-10-16(13(2)24-27)19(28)21-15-8-14(9-15)18-23-22-17(25(18)3)11-26-7-5-20-12-26/h5,7,10,12,14-15H,4,6,8-9,11H2,1-3H3,(H,21,28). The van der Waals surface area contributed by atoms with E-state index in [9.17, 15) is 4.79 Å². The Hall–Kier alpha value is -2.97. The second kappa shape index (κ2) is 7.57. The van der Waals surface area contributed by atoms with E-state index in [4.69, 9.17) is 0 Å². The van der Waals surface area contributed by atoms with E-state index >= 15 is 0 Å². The second-order valence-electron chi connectivity index (χ2n) is 7.50. The van der Waals surface area contributed by atoms with Gasteiger partial charge in [-0.2, -0.15) is 5.10 Å². The number of hydrogen-bond acceptors (Lipinski definition) is 5. The Morgan fingerprint density at radius 1 is 1.32 bits per heavy atom. The molecule has 1 amide bonds. The highest BCUT2D eigenvalue weighted by Gasteiger charge is 2.35. The van der Waals surface area contributed by atoms with Crippen molar-refractivity contribution in [1.82, 2.24) is 39.4 Å². The maximum atomic E-state index is 12.6. The molecular weight excluding hydrogens is 356 g/mol. The molecule has 1 aliphatic carbocycles. The second-order valence-corrected chi connectivity index (χ2v) is 7.50. The maximum absolute atomic E-state index is 12.6. The molecule has 0 aliphatic heterocycles. The van der Waals surface area contributed by atoms with Crippen molar-refractivity contribution >= 4 is 5.91 Å². The minimum atomic E-state index is -0.0398. The van der Waals surface area contributed by atoms with Crippen LogP contribution < -0.4 is 5.32 Å². The normalized spacial score (nSPS) is 18.8. The van der Waals surface area contributed by atoms with Crippen LogP contribution >= 0.6 is 0 Å². The van der Waals surface area contributed by atoms with Crippen molar-refractivity contribution in [2.45, 2.75) is 58.2 Å². The zero-order chi connectivity index (χ0) is 19.7. The molecule has 3 aromatic rings. The number of nitrogens with one attached hydrogen (secondary N) is 1. The first kappa shape index (κ1) is 18.4. The Labute approximate surface area is 163 Å². The quantitative estimate of drug-likeness (QED) is 0.670. The van der Waals surface area contributed by atoms with E-state index in [0.29, 0.717) is 18.0 Å². The fourth-order valence-electron chi connectivity index (χ4n) is 3.71. The van der Waals surface area contributed by atoms with Crippen LogP contribution in [-0.4, -0.2) is 46.0 Å². The van der Waals surface area contributed by atoms with Crippen LogP contribution in [-0.2, 0) is 20.1 Å². The van der Waals surface area contributed by atoms with Gasteiger partial charge in [-0.05, 0) is 26.2 Å². The molecular formula is C19H26N8O. The van der Waals surface area contributed by atoms with Gasteiger partial charge in [0.15, 0.2) is 5.82 Å². The third-order valence-electron chi connectivity index (χ3n) is 5.36. The molecule has 0 spiro atoms. The highest BCUT2D eigenvalue weighted by molar-refractivity contribution is 5.95. The fourth-order valence-corrected chi connectivity index (χ4v) is 3.71. The predicted octanol–water partition coefficient (Wildman–Crippen LogP) is 1.65. The van der Waals surface area contributed by atoms with Crippen molar-refractivity contribution in [3.05, 3.63) is 47.8 Å². The Bertz CT molecular complexity index is 949. The lowest BCUT2D eigenvalue weighted by molar-refractivity contribution is 0.0906. The maximum Gasteiger partial charge on any atom is 0.254 e. The molecule has 1 N–H and O–H groups in total. The molecule has 1 fully saturated rings. The number of imidazole rings is 1. The summed E-state index contributed by atoms with van der Waals surface area (Å²) in [5.41, 5.74) is 1.44. The van der Waals surface area contributed by atoms with Gasteiger partial charge in [-0.3, -0.25) is 9.48 Å². The zero-order valence-corrected chi connectivity index (χ0v) is 16.5. The summed E-state index contributed by atoms with van der Waals surface area (Å²) in [6.07, 6.45) is 10.0. The molecule has 0 unspecified atom stereocenters. The van der Waals surface area contributed by atoms with Gasteiger partial charge >= 0.3 is 0 Å². The largest absolute Gasteiger partial charge is 0.349 e. The number of carbonyl (C=O) groups excluding carboxylic acids is 1. The summed E-state index contributed by atoms with van der Waals surface area (Å²) in [5, 5.41) is 16.2. The number of aromatic nitrogens is 7. The third-order valence-corrected chi connectivity index (χ3v) is 5.36. The summed E-state index contributed by atoms with van der Waals surface area (Å²) in [6, 6.07) is 0.167. The monoisotopic (exact) mass is 382 g/mol. The van der Waals surface area contributed by atoms with Crippen molar-refractivity contribution in [2.75, 3.05) is 0 Å². The smallest absolute Gasteiger partial charge is 0.254 e. The van der Waals surface area contributed by atoms with Gasteiger partial charge in [-0.15, -0.1) is 10.2 Å². The predicted molar refractivity (Wildman–Crippen MR) is 103 cm³/mol. The zero-order valence-electron chi connectivity index (χ0n) is 16.5. The number of aryl methyl sites for hydroxylation is 2. The average molecular weight is 382 g/mol. The Kier molecular flexibility index (Phi) is 4.97. The van der Waals surface area contributed by atoms with Crippen LogP contribution in [0.25, 0.3) is 0 Å². The van der Waals surface area contributed by atoms with E-state index in [1.165, 1.54) is 0 Å². The average Bonchev–Trinajstić information content (AvgIpc) is 3.34. The van der Waals surface area contributed by atoms with Crippen LogP contribution in [0.1, 0.15) is 59.8 Å². The molecule has 4 rings (SSSR count). The Morgan fingerprint density at radius 3 is 2.86 bits per heavy atom. The van der Waals surface area contributed by atoms with E-state index in [2.05, 4.69) is 37.1 Å². The fraction of sp³-hybridized carbons (Fsp3) is 0.526. The van der Waals surface area contributed by atoms with E-state index in [-0.39, 0.29) is 11.9 Å². The summed E-state index contributed by atoms with van der Waals surface area (Å²) in [7, 11) is 2.00. The van der Waals surface area contributed by atoms with Gasteiger partial charge in [-0.25, -0.2) is 4.98 Å². The van der Waals surface area contributed by atoms with Crippen LogP contribution in [0.4, 0.5) is 0 Å². The molecule has 3 aromatic heterocycles.